The molecule has 0 aliphatic rings. The fourth-order valence-electron chi connectivity index (χ4n) is 2.73. The monoisotopic (exact) mass is 335 g/mol. The van der Waals surface area contributed by atoms with Crippen molar-refractivity contribution in [1.29, 1.82) is 0 Å². The van der Waals surface area contributed by atoms with Crippen LogP contribution in [-0.4, -0.2) is 30.1 Å². The molecule has 5 nitrogen and oxygen atoms in total. The van der Waals surface area contributed by atoms with E-state index in [1.54, 1.807) is 0 Å². The highest BCUT2D eigenvalue weighted by atomic mass is 16.5. The van der Waals surface area contributed by atoms with Gasteiger partial charge in [0.15, 0.2) is 5.76 Å². The molecule has 0 spiro atoms. The van der Waals surface area contributed by atoms with Crippen LogP contribution in [0.4, 0.5) is 0 Å². The van der Waals surface area contributed by atoms with Crippen molar-refractivity contribution in [3.63, 3.8) is 0 Å². The maximum Gasteiger partial charge on any atom is 0.242 e. The molecule has 1 atom stereocenters. The molecule has 3 rings (SSSR count). The van der Waals surface area contributed by atoms with Crippen LogP contribution in [-0.2, 0) is 11.3 Å². The highest BCUT2D eigenvalue weighted by Crippen LogP contribution is 2.20. The van der Waals surface area contributed by atoms with E-state index in [4.69, 9.17) is 4.52 Å². The zero-order chi connectivity index (χ0) is 17.6. The van der Waals surface area contributed by atoms with Gasteiger partial charge >= 0.3 is 0 Å². The van der Waals surface area contributed by atoms with E-state index < -0.39 is 0 Å². The third-order valence-electron chi connectivity index (χ3n) is 3.95. The smallest absolute Gasteiger partial charge is 0.242 e. The van der Waals surface area contributed by atoms with Crippen LogP contribution in [0.3, 0.4) is 0 Å². The molecule has 5 heteroatoms. The topological polar surface area (TPSA) is 58.4 Å². The summed E-state index contributed by atoms with van der Waals surface area (Å²) in [4.78, 5) is 14.5. The first-order valence-corrected chi connectivity index (χ1v) is 8.15. The normalized spacial score (nSPS) is 12.1. The summed E-state index contributed by atoms with van der Waals surface area (Å²) in [6, 6.07) is 21.0. The number of hydrogen-bond acceptors (Lipinski definition) is 4. The van der Waals surface area contributed by atoms with Gasteiger partial charge < -0.3 is 9.84 Å². The van der Waals surface area contributed by atoms with Crippen molar-refractivity contribution >= 4 is 5.91 Å². The second-order valence-electron chi connectivity index (χ2n) is 6.04. The maximum atomic E-state index is 12.6. The quantitative estimate of drug-likeness (QED) is 0.751. The highest BCUT2D eigenvalue weighted by Gasteiger charge is 2.22. The van der Waals surface area contributed by atoms with Crippen molar-refractivity contribution in [3.05, 3.63) is 78.1 Å². The summed E-state index contributed by atoms with van der Waals surface area (Å²) in [6.45, 7) is 0.301. The van der Waals surface area contributed by atoms with Crippen molar-refractivity contribution in [2.24, 2.45) is 0 Å². The zero-order valence-corrected chi connectivity index (χ0v) is 14.3. The van der Waals surface area contributed by atoms with Crippen LogP contribution >= 0.6 is 0 Å². The number of likely N-dealkylation sites (N-methyl/N-ethyl adjacent to an activating group) is 1. The van der Waals surface area contributed by atoms with Gasteiger partial charge in [-0.1, -0.05) is 65.8 Å². The molecular weight excluding hydrogens is 314 g/mol. The zero-order valence-electron chi connectivity index (χ0n) is 14.3. The lowest BCUT2D eigenvalue weighted by atomic mass is 10.1. The Kier molecular flexibility index (Phi) is 5.26. The first kappa shape index (κ1) is 16.9. The van der Waals surface area contributed by atoms with Crippen molar-refractivity contribution in [3.8, 4) is 11.3 Å². The van der Waals surface area contributed by atoms with E-state index in [9.17, 15) is 4.79 Å². The molecule has 0 aliphatic heterocycles. The molecule has 1 amide bonds. The van der Waals surface area contributed by atoms with Crippen LogP contribution in [0.25, 0.3) is 11.3 Å². The Hall–Kier alpha value is -2.92. The van der Waals surface area contributed by atoms with Crippen LogP contribution in [0, 0.1) is 0 Å². The summed E-state index contributed by atoms with van der Waals surface area (Å²) in [6.07, 6.45) is 0. The second kappa shape index (κ2) is 7.77. The van der Waals surface area contributed by atoms with Gasteiger partial charge in [0.05, 0.1) is 6.54 Å². The van der Waals surface area contributed by atoms with E-state index in [0.29, 0.717) is 12.3 Å². The van der Waals surface area contributed by atoms with E-state index in [-0.39, 0.29) is 11.9 Å². The summed E-state index contributed by atoms with van der Waals surface area (Å²) in [5, 5.41) is 7.00. The molecule has 0 saturated heterocycles. The number of benzene rings is 2. The largest absolute Gasteiger partial charge is 0.359 e. The van der Waals surface area contributed by atoms with Gasteiger partial charge in [-0.15, -0.1) is 0 Å². The molecule has 1 N–H and O–H groups in total. The first-order valence-electron chi connectivity index (χ1n) is 8.15. The summed E-state index contributed by atoms with van der Waals surface area (Å²) in [5.74, 6) is 0.548. The SMILES string of the molecule is CN(C)[C@H](C(=O)NCc1cc(-c2ccccc2)no1)c1ccccc1. The Labute approximate surface area is 147 Å². The third kappa shape index (κ3) is 4.14. The molecular formula is C20H21N3O2. The summed E-state index contributed by atoms with van der Waals surface area (Å²) in [5.41, 5.74) is 2.70. The lowest BCUT2D eigenvalue weighted by Crippen LogP contribution is -2.36. The van der Waals surface area contributed by atoms with Crippen molar-refractivity contribution in [2.75, 3.05) is 14.1 Å². The van der Waals surface area contributed by atoms with Gasteiger partial charge in [0.1, 0.15) is 11.7 Å². The van der Waals surface area contributed by atoms with Crippen LogP contribution < -0.4 is 5.32 Å². The molecule has 2 aromatic carbocycles. The Morgan fingerprint density at radius 3 is 2.36 bits per heavy atom. The fourth-order valence-corrected chi connectivity index (χ4v) is 2.73. The highest BCUT2D eigenvalue weighted by molar-refractivity contribution is 5.83. The number of carbonyl (C=O) groups excluding carboxylic acids is 1. The van der Waals surface area contributed by atoms with Crippen LogP contribution in [0.2, 0.25) is 0 Å². The molecule has 1 heterocycles. The van der Waals surface area contributed by atoms with Crippen molar-refractivity contribution in [2.45, 2.75) is 12.6 Å². The Bertz CT molecular complexity index is 813. The van der Waals surface area contributed by atoms with E-state index in [2.05, 4.69) is 10.5 Å². The number of rotatable bonds is 6. The molecule has 0 aliphatic carbocycles. The molecule has 25 heavy (non-hydrogen) atoms. The first-order chi connectivity index (χ1) is 12.1. The molecule has 3 aromatic rings. The molecule has 0 unspecified atom stereocenters. The summed E-state index contributed by atoms with van der Waals surface area (Å²) in [7, 11) is 3.78. The number of amides is 1. The van der Waals surface area contributed by atoms with Gasteiger partial charge in [0.2, 0.25) is 5.91 Å². The molecule has 0 radical (unpaired) electrons. The average Bonchev–Trinajstić information content (AvgIpc) is 3.10. The van der Waals surface area contributed by atoms with Gasteiger partial charge in [-0.05, 0) is 19.7 Å². The van der Waals surface area contributed by atoms with Crippen molar-refractivity contribution < 1.29 is 9.32 Å². The number of nitrogens with zero attached hydrogens (tertiary/aromatic N) is 2. The maximum absolute atomic E-state index is 12.6. The Morgan fingerprint density at radius 1 is 1.08 bits per heavy atom. The van der Waals surface area contributed by atoms with E-state index in [1.807, 2.05) is 85.7 Å². The lowest BCUT2D eigenvalue weighted by molar-refractivity contribution is -0.126. The molecule has 0 bridgehead atoms. The van der Waals surface area contributed by atoms with Gasteiger partial charge in [-0.2, -0.15) is 0 Å². The van der Waals surface area contributed by atoms with Gasteiger partial charge in [-0.3, -0.25) is 9.69 Å². The van der Waals surface area contributed by atoms with Crippen LogP contribution in [0.15, 0.2) is 71.3 Å². The average molecular weight is 335 g/mol. The van der Waals surface area contributed by atoms with Gasteiger partial charge in [0, 0.05) is 11.6 Å². The number of hydrogen-bond donors (Lipinski definition) is 1. The predicted molar refractivity (Wildman–Crippen MR) is 96.7 cm³/mol. The third-order valence-corrected chi connectivity index (χ3v) is 3.95. The number of carbonyl (C=O) groups is 1. The molecule has 0 fully saturated rings. The van der Waals surface area contributed by atoms with Gasteiger partial charge in [-0.25, -0.2) is 0 Å². The van der Waals surface area contributed by atoms with Gasteiger partial charge in [0.25, 0.3) is 0 Å². The van der Waals surface area contributed by atoms with E-state index in [0.717, 1.165) is 16.8 Å². The van der Waals surface area contributed by atoms with E-state index in [1.165, 1.54) is 0 Å². The number of aromatic nitrogens is 1. The predicted octanol–water partition coefficient (Wildman–Crippen LogP) is 3.26. The second-order valence-corrected chi connectivity index (χ2v) is 6.04. The standard InChI is InChI=1S/C20H21N3O2/c1-23(2)19(16-11-7-4-8-12-16)20(24)21-14-17-13-18(22-25-17)15-9-5-3-6-10-15/h3-13,19H,14H2,1-2H3,(H,21,24)/t19-/m0/s1. The summed E-state index contributed by atoms with van der Waals surface area (Å²) < 4.78 is 5.34. The number of nitrogens with one attached hydrogen (secondary N) is 1. The summed E-state index contributed by atoms with van der Waals surface area (Å²) >= 11 is 0. The molecule has 128 valence electrons. The minimum absolute atomic E-state index is 0.0751. The Balaban J connectivity index is 1.66. The van der Waals surface area contributed by atoms with Crippen LogP contribution in [0.5, 0.6) is 0 Å². The fraction of sp³-hybridized carbons (Fsp3) is 0.200. The van der Waals surface area contributed by atoms with E-state index >= 15 is 0 Å². The molecule has 1 aromatic heterocycles. The minimum Gasteiger partial charge on any atom is -0.359 e. The lowest BCUT2D eigenvalue weighted by Gasteiger charge is -2.23. The van der Waals surface area contributed by atoms with Crippen LogP contribution in [0.1, 0.15) is 17.4 Å². The van der Waals surface area contributed by atoms with Crippen molar-refractivity contribution in [1.82, 2.24) is 15.4 Å². The minimum atomic E-state index is -0.349. The Morgan fingerprint density at radius 2 is 1.72 bits per heavy atom. The molecule has 0 saturated carbocycles.